The first-order chi connectivity index (χ1) is 15.6. The van der Waals surface area contributed by atoms with Crippen LogP contribution in [-0.4, -0.2) is 44.3 Å². The van der Waals surface area contributed by atoms with E-state index in [4.69, 9.17) is 31.3 Å². The fourth-order valence-corrected chi connectivity index (χ4v) is 1.74. The molecule has 4 unspecified atom stereocenters. The van der Waals surface area contributed by atoms with Gasteiger partial charge in [-0.3, -0.25) is 9.59 Å². The van der Waals surface area contributed by atoms with Crippen LogP contribution in [-0.2, 0) is 9.59 Å². The van der Waals surface area contributed by atoms with Crippen molar-refractivity contribution in [3.63, 3.8) is 0 Å². The Kier molecular flexibility index (Phi) is 13.6. The first-order valence-electron chi connectivity index (χ1n) is 10.6. The van der Waals surface area contributed by atoms with Crippen molar-refractivity contribution in [3.05, 3.63) is 0 Å². The Balaban J connectivity index is 0. The van der Waals surface area contributed by atoms with Crippen molar-refractivity contribution in [1.29, 1.82) is 21.0 Å². The van der Waals surface area contributed by atoms with E-state index in [9.17, 15) is 9.59 Å². The van der Waals surface area contributed by atoms with E-state index in [-0.39, 0.29) is 25.7 Å². The van der Waals surface area contributed by atoms with Gasteiger partial charge in [-0.2, -0.15) is 41.5 Å². The van der Waals surface area contributed by atoms with Crippen molar-refractivity contribution in [2.24, 2.45) is 20.5 Å². The molecule has 0 aliphatic carbocycles. The summed E-state index contributed by atoms with van der Waals surface area (Å²) >= 11 is 0. The number of rotatable bonds is 12. The fourth-order valence-electron chi connectivity index (χ4n) is 1.74. The van der Waals surface area contributed by atoms with Gasteiger partial charge in [0.05, 0.1) is 24.3 Å². The summed E-state index contributed by atoms with van der Waals surface area (Å²) in [6.07, 6.45) is 0.616. The summed E-state index contributed by atoms with van der Waals surface area (Å²) in [5, 5.41) is 68.3. The maximum absolute atomic E-state index is 10.5. The van der Waals surface area contributed by atoms with Crippen LogP contribution in [0.4, 0.5) is 0 Å². The molecule has 184 valence electrons. The lowest BCUT2D eigenvalue weighted by atomic mass is 9.97. The van der Waals surface area contributed by atoms with Gasteiger partial charge in [0.1, 0.15) is 0 Å². The standard InChI is InChI=1S/C12H16N4O4.C10H16N4/c1-11(7-13,5-3-9(17)18)15-16-12(2,8-14)6-4-10(19)20;1-5-9(3,7-11)13-14-10(4,6-2)8-12/h3-6H2,1-2H3,(H,17,18)(H,19,20);5-6H2,1-4H3. The van der Waals surface area contributed by atoms with Gasteiger partial charge in [-0.1, -0.05) is 13.8 Å². The van der Waals surface area contributed by atoms with Crippen LogP contribution >= 0.6 is 0 Å². The summed E-state index contributed by atoms with van der Waals surface area (Å²) in [5.74, 6) is -2.12. The van der Waals surface area contributed by atoms with Crippen LogP contribution in [0.5, 0.6) is 0 Å². The van der Waals surface area contributed by atoms with E-state index < -0.39 is 34.1 Å². The third kappa shape index (κ3) is 12.8. The molecule has 0 aliphatic rings. The maximum Gasteiger partial charge on any atom is 0.303 e. The lowest BCUT2D eigenvalue weighted by molar-refractivity contribution is -0.138. The molecule has 0 aromatic heterocycles. The number of hydrogen-bond acceptors (Lipinski definition) is 10. The average molecular weight is 473 g/mol. The van der Waals surface area contributed by atoms with Crippen molar-refractivity contribution in [2.45, 2.75) is 102 Å². The molecule has 0 saturated carbocycles. The largest absolute Gasteiger partial charge is 0.481 e. The fraction of sp³-hybridized carbons (Fsp3) is 0.727. The molecule has 0 aromatic carbocycles. The normalized spacial score (nSPS) is 17.7. The summed E-state index contributed by atoms with van der Waals surface area (Å²) in [7, 11) is 0. The van der Waals surface area contributed by atoms with Crippen molar-refractivity contribution in [2.75, 3.05) is 0 Å². The molecule has 0 aromatic rings. The van der Waals surface area contributed by atoms with Crippen molar-refractivity contribution >= 4 is 11.9 Å². The molecule has 0 radical (unpaired) electrons. The SMILES string of the molecule is CC(C#N)(CCC(=O)O)N=NC(C)(C#N)CCC(=O)O.CCC(C)(C#N)N=NC(C)(C#N)CC. The summed E-state index contributed by atoms with van der Waals surface area (Å²) in [5.41, 5.74) is -4.29. The second-order valence-corrected chi connectivity index (χ2v) is 8.44. The Morgan fingerprint density at radius 2 is 0.853 bits per heavy atom. The zero-order valence-electron chi connectivity index (χ0n) is 20.5. The van der Waals surface area contributed by atoms with E-state index in [2.05, 4.69) is 32.6 Å². The third-order valence-corrected chi connectivity index (χ3v) is 4.97. The summed E-state index contributed by atoms with van der Waals surface area (Å²) in [6, 6.07) is 7.85. The Morgan fingerprint density at radius 3 is 1.03 bits per heavy atom. The number of nitriles is 4. The van der Waals surface area contributed by atoms with Gasteiger partial charge in [-0.25, -0.2) is 0 Å². The second kappa shape index (κ2) is 14.3. The van der Waals surface area contributed by atoms with Crippen LogP contribution < -0.4 is 0 Å². The van der Waals surface area contributed by atoms with Gasteiger partial charge in [0, 0.05) is 12.8 Å². The van der Waals surface area contributed by atoms with E-state index in [1.54, 1.807) is 13.8 Å². The quantitative estimate of drug-likeness (QED) is 0.382. The minimum absolute atomic E-state index is 0.0389. The van der Waals surface area contributed by atoms with E-state index in [0.29, 0.717) is 12.8 Å². The Hall–Kier alpha value is -3.90. The highest BCUT2D eigenvalue weighted by molar-refractivity contribution is 5.67. The Morgan fingerprint density at radius 1 is 0.618 bits per heavy atom. The molecule has 0 fully saturated rings. The number of carboxylic acids is 2. The predicted octanol–water partition coefficient (Wildman–Crippen LogP) is 4.56. The molecule has 2 N–H and O–H groups in total. The summed E-state index contributed by atoms with van der Waals surface area (Å²) in [6.45, 7) is 9.99. The van der Waals surface area contributed by atoms with Crippen LogP contribution in [0.15, 0.2) is 20.5 Å². The van der Waals surface area contributed by atoms with E-state index in [0.717, 1.165) is 0 Å². The Bertz CT molecular complexity index is 865. The van der Waals surface area contributed by atoms with E-state index in [1.807, 2.05) is 26.0 Å². The van der Waals surface area contributed by atoms with Crippen LogP contribution in [0.3, 0.4) is 0 Å². The lowest BCUT2D eigenvalue weighted by Gasteiger charge is -2.18. The molecule has 0 saturated heterocycles. The molecule has 4 atom stereocenters. The number of aliphatic carboxylic acids is 2. The second-order valence-electron chi connectivity index (χ2n) is 8.44. The van der Waals surface area contributed by atoms with Crippen LogP contribution in [0, 0.1) is 45.3 Å². The van der Waals surface area contributed by atoms with E-state index >= 15 is 0 Å². The minimum atomic E-state index is -1.35. The van der Waals surface area contributed by atoms with Gasteiger partial charge < -0.3 is 10.2 Å². The topological polar surface area (TPSA) is 219 Å². The summed E-state index contributed by atoms with van der Waals surface area (Å²) in [4.78, 5) is 21.0. The van der Waals surface area contributed by atoms with Gasteiger partial charge in [0.25, 0.3) is 0 Å². The molecular formula is C22H32N8O4. The zero-order chi connectivity index (χ0) is 27.1. The van der Waals surface area contributed by atoms with Gasteiger partial charge in [-0.15, -0.1) is 0 Å². The molecule has 0 bridgehead atoms. The first kappa shape index (κ1) is 32.3. The van der Waals surface area contributed by atoms with Crippen LogP contribution in [0.2, 0.25) is 0 Å². The predicted molar refractivity (Wildman–Crippen MR) is 120 cm³/mol. The number of carbonyl (C=O) groups is 2. The molecule has 0 amide bonds. The number of hydrogen-bond donors (Lipinski definition) is 2. The van der Waals surface area contributed by atoms with E-state index in [1.165, 1.54) is 13.8 Å². The Labute approximate surface area is 200 Å². The average Bonchev–Trinajstić information content (AvgIpc) is 2.83. The molecule has 0 heterocycles. The molecular weight excluding hydrogens is 440 g/mol. The highest BCUT2D eigenvalue weighted by atomic mass is 16.4. The number of carboxylic acid groups (broad SMARTS) is 2. The van der Waals surface area contributed by atoms with Crippen molar-refractivity contribution in [1.82, 2.24) is 0 Å². The molecule has 34 heavy (non-hydrogen) atoms. The smallest absolute Gasteiger partial charge is 0.303 e. The van der Waals surface area contributed by atoms with Gasteiger partial charge in [0.2, 0.25) is 0 Å². The zero-order valence-corrected chi connectivity index (χ0v) is 20.5. The highest BCUT2D eigenvalue weighted by Gasteiger charge is 2.29. The van der Waals surface area contributed by atoms with Crippen molar-refractivity contribution < 1.29 is 19.8 Å². The van der Waals surface area contributed by atoms with Crippen LogP contribution in [0.1, 0.15) is 80.1 Å². The lowest BCUT2D eigenvalue weighted by Crippen LogP contribution is -2.25. The molecule has 12 heteroatoms. The van der Waals surface area contributed by atoms with Gasteiger partial charge >= 0.3 is 11.9 Å². The number of nitrogens with zero attached hydrogens (tertiary/aromatic N) is 8. The van der Waals surface area contributed by atoms with Crippen molar-refractivity contribution in [3.8, 4) is 24.3 Å². The van der Waals surface area contributed by atoms with Crippen LogP contribution in [0.25, 0.3) is 0 Å². The third-order valence-electron chi connectivity index (χ3n) is 4.97. The molecule has 12 nitrogen and oxygen atoms in total. The highest BCUT2D eigenvalue weighted by Crippen LogP contribution is 2.23. The van der Waals surface area contributed by atoms with Gasteiger partial charge in [0.15, 0.2) is 22.2 Å². The van der Waals surface area contributed by atoms with Gasteiger partial charge in [-0.05, 0) is 53.4 Å². The summed E-state index contributed by atoms with van der Waals surface area (Å²) < 4.78 is 0. The number of azo groups is 2. The first-order valence-corrected chi connectivity index (χ1v) is 10.6. The monoisotopic (exact) mass is 472 g/mol. The molecule has 0 aliphatic heterocycles. The molecule has 0 spiro atoms. The molecule has 0 rings (SSSR count). The maximum atomic E-state index is 10.5. The minimum Gasteiger partial charge on any atom is -0.481 e.